The first-order valence-corrected chi connectivity index (χ1v) is 6.63. The minimum atomic E-state index is 0.711. The fraction of sp³-hybridized carbons (Fsp3) is 0.308. The van der Waals surface area contributed by atoms with Gasteiger partial charge < -0.3 is 4.74 Å². The van der Waals surface area contributed by atoms with Crippen molar-refractivity contribution in [1.29, 1.82) is 0 Å². The largest absolute Gasteiger partial charge is 0.376 e. The number of hydrogen-bond donors (Lipinski definition) is 0. The Balaban J connectivity index is 2.19. The zero-order chi connectivity index (χ0) is 11.0. The summed E-state index contributed by atoms with van der Waals surface area (Å²) in [5, 5.41) is 1.21. The van der Waals surface area contributed by atoms with Gasteiger partial charge in [0.15, 0.2) is 0 Å². The smallest absolute Gasteiger partial charge is 0.0734 e. The number of nitrogens with zero attached hydrogens (tertiary/aromatic N) is 1. The second-order valence-electron chi connectivity index (χ2n) is 3.96. The number of hydrogen-bond acceptors (Lipinski definition) is 3. The first-order valence-electron chi connectivity index (χ1n) is 5.41. The van der Waals surface area contributed by atoms with Crippen LogP contribution in [0.3, 0.4) is 0 Å². The Morgan fingerprint density at radius 2 is 2.25 bits per heavy atom. The number of benzene rings is 1. The van der Waals surface area contributed by atoms with Crippen LogP contribution in [0.1, 0.15) is 11.3 Å². The lowest BCUT2D eigenvalue weighted by Crippen LogP contribution is -2.11. The zero-order valence-corrected chi connectivity index (χ0v) is 10.0. The Kier molecular flexibility index (Phi) is 2.58. The molecule has 1 aliphatic rings. The molecule has 0 spiro atoms. The van der Waals surface area contributed by atoms with Crippen molar-refractivity contribution in [3.8, 4) is 0 Å². The van der Waals surface area contributed by atoms with E-state index in [1.54, 1.807) is 11.8 Å². The Morgan fingerprint density at radius 1 is 1.31 bits per heavy atom. The van der Waals surface area contributed by atoms with Crippen LogP contribution in [0.2, 0.25) is 0 Å². The summed E-state index contributed by atoms with van der Waals surface area (Å²) >= 11 is 1.76. The number of ether oxygens (including phenoxy) is 1. The zero-order valence-electron chi connectivity index (χ0n) is 9.19. The molecule has 1 aromatic heterocycles. The van der Waals surface area contributed by atoms with Crippen molar-refractivity contribution in [3.05, 3.63) is 35.5 Å². The normalized spacial score (nSPS) is 15.1. The number of fused-ring (bicyclic) bond motifs is 2. The first-order chi connectivity index (χ1) is 7.86. The van der Waals surface area contributed by atoms with Gasteiger partial charge in [-0.1, -0.05) is 6.07 Å². The molecule has 0 atom stereocenters. The van der Waals surface area contributed by atoms with Gasteiger partial charge in [-0.3, -0.25) is 4.98 Å². The van der Waals surface area contributed by atoms with Crippen LogP contribution in [0, 0.1) is 0 Å². The third kappa shape index (κ3) is 1.70. The molecule has 0 saturated heterocycles. The Labute approximate surface area is 99.0 Å². The second kappa shape index (κ2) is 4.07. The lowest BCUT2D eigenvalue weighted by molar-refractivity contribution is 0.109. The van der Waals surface area contributed by atoms with Crippen LogP contribution in [0.4, 0.5) is 0 Å². The van der Waals surface area contributed by atoms with Gasteiger partial charge in [0.1, 0.15) is 0 Å². The quantitative estimate of drug-likeness (QED) is 0.704. The van der Waals surface area contributed by atoms with E-state index in [2.05, 4.69) is 30.5 Å². The van der Waals surface area contributed by atoms with E-state index in [9.17, 15) is 0 Å². The molecule has 0 amide bonds. The lowest BCUT2D eigenvalue weighted by atomic mass is 10.1. The van der Waals surface area contributed by atoms with Gasteiger partial charge in [-0.15, -0.1) is 11.8 Å². The topological polar surface area (TPSA) is 22.1 Å². The van der Waals surface area contributed by atoms with E-state index >= 15 is 0 Å². The van der Waals surface area contributed by atoms with Crippen molar-refractivity contribution in [3.63, 3.8) is 0 Å². The van der Waals surface area contributed by atoms with Gasteiger partial charge >= 0.3 is 0 Å². The molecule has 0 N–H and O–H groups in total. The molecule has 2 heterocycles. The van der Waals surface area contributed by atoms with Crippen LogP contribution in [-0.2, 0) is 17.8 Å². The molecule has 82 valence electrons. The van der Waals surface area contributed by atoms with Crippen molar-refractivity contribution < 1.29 is 4.74 Å². The van der Waals surface area contributed by atoms with Gasteiger partial charge in [-0.25, -0.2) is 0 Å². The standard InChI is InChI=1S/C13H13NOS/c1-16-11-3-2-9-6-10-8-15-5-4-12(10)14-13(9)7-11/h2-3,6-7H,4-5,8H2,1H3. The molecule has 0 radical (unpaired) electrons. The highest BCUT2D eigenvalue weighted by molar-refractivity contribution is 7.98. The van der Waals surface area contributed by atoms with Crippen LogP contribution < -0.4 is 0 Å². The first kappa shape index (κ1) is 10.1. The van der Waals surface area contributed by atoms with Gasteiger partial charge in [0.2, 0.25) is 0 Å². The number of thioether (sulfide) groups is 1. The second-order valence-corrected chi connectivity index (χ2v) is 4.84. The van der Waals surface area contributed by atoms with E-state index in [1.165, 1.54) is 21.5 Å². The molecule has 3 rings (SSSR count). The maximum absolute atomic E-state index is 5.45. The van der Waals surface area contributed by atoms with E-state index in [4.69, 9.17) is 9.72 Å². The average Bonchev–Trinajstić information content (AvgIpc) is 2.35. The molecule has 3 heteroatoms. The van der Waals surface area contributed by atoms with Gasteiger partial charge in [0, 0.05) is 22.4 Å². The molecular formula is C13H13NOS. The Bertz CT molecular complexity index is 539. The predicted molar refractivity (Wildman–Crippen MR) is 66.9 cm³/mol. The minimum absolute atomic E-state index is 0.711. The van der Waals surface area contributed by atoms with E-state index < -0.39 is 0 Å². The molecular weight excluding hydrogens is 218 g/mol. The monoisotopic (exact) mass is 231 g/mol. The fourth-order valence-corrected chi connectivity index (χ4v) is 2.48. The highest BCUT2D eigenvalue weighted by Gasteiger charge is 2.11. The minimum Gasteiger partial charge on any atom is -0.376 e. The van der Waals surface area contributed by atoms with Gasteiger partial charge in [-0.05, 0) is 30.0 Å². The predicted octanol–water partition coefficient (Wildman–Crippen LogP) is 3.03. The van der Waals surface area contributed by atoms with Crippen molar-refractivity contribution >= 4 is 22.7 Å². The molecule has 0 saturated carbocycles. The van der Waals surface area contributed by atoms with Crippen LogP contribution in [-0.4, -0.2) is 17.8 Å². The molecule has 1 aliphatic heterocycles. The Morgan fingerprint density at radius 3 is 3.12 bits per heavy atom. The summed E-state index contributed by atoms with van der Waals surface area (Å²) in [6.07, 6.45) is 3.03. The third-order valence-corrected chi connectivity index (χ3v) is 3.66. The fourth-order valence-electron chi connectivity index (χ4n) is 2.05. The summed E-state index contributed by atoms with van der Waals surface area (Å²) < 4.78 is 5.45. The highest BCUT2D eigenvalue weighted by atomic mass is 32.2. The summed E-state index contributed by atoms with van der Waals surface area (Å²) in [7, 11) is 0. The van der Waals surface area contributed by atoms with Crippen LogP contribution >= 0.6 is 11.8 Å². The molecule has 0 fully saturated rings. The van der Waals surface area contributed by atoms with Crippen LogP contribution in [0.25, 0.3) is 10.9 Å². The van der Waals surface area contributed by atoms with Crippen molar-refractivity contribution in [2.24, 2.45) is 0 Å². The highest BCUT2D eigenvalue weighted by Crippen LogP contribution is 2.24. The summed E-state index contributed by atoms with van der Waals surface area (Å²) in [6.45, 7) is 1.51. The summed E-state index contributed by atoms with van der Waals surface area (Å²) in [4.78, 5) is 6.00. The number of aromatic nitrogens is 1. The van der Waals surface area contributed by atoms with E-state index in [0.29, 0.717) is 6.61 Å². The maximum atomic E-state index is 5.45. The van der Waals surface area contributed by atoms with Crippen molar-refractivity contribution in [2.75, 3.05) is 12.9 Å². The summed E-state index contributed by atoms with van der Waals surface area (Å²) in [6, 6.07) is 8.66. The molecule has 2 nitrogen and oxygen atoms in total. The molecule has 16 heavy (non-hydrogen) atoms. The molecule has 1 aromatic carbocycles. The maximum Gasteiger partial charge on any atom is 0.0734 e. The number of rotatable bonds is 1. The third-order valence-electron chi connectivity index (χ3n) is 2.93. The van der Waals surface area contributed by atoms with Crippen molar-refractivity contribution in [2.45, 2.75) is 17.9 Å². The lowest BCUT2D eigenvalue weighted by Gasteiger charge is -2.16. The van der Waals surface area contributed by atoms with E-state index in [0.717, 1.165) is 18.5 Å². The average molecular weight is 231 g/mol. The summed E-state index contributed by atoms with van der Waals surface area (Å²) in [5.41, 5.74) is 3.56. The van der Waals surface area contributed by atoms with Gasteiger partial charge in [0.05, 0.1) is 18.7 Å². The molecule has 0 unspecified atom stereocenters. The van der Waals surface area contributed by atoms with Gasteiger partial charge in [0.25, 0.3) is 0 Å². The SMILES string of the molecule is CSc1ccc2cc3c(nc2c1)CCOC3. The van der Waals surface area contributed by atoms with E-state index in [-0.39, 0.29) is 0 Å². The van der Waals surface area contributed by atoms with Crippen molar-refractivity contribution in [1.82, 2.24) is 4.98 Å². The molecule has 2 aromatic rings. The van der Waals surface area contributed by atoms with Gasteiger partial charge in [-0.2, -0.15) is 0 Å². The Hall–Kier alpha value is -1.06. The summed E-state index contributed by atoms with van der Waals surface area (Å²) in [5.74, 6) is 0. The number of pyridine rings is 1. The van der Waals surface area contributed by atoms with Crippen LogP contribution in [0.15, 0.2) is 29.2 Å². The van der Waals surface area contributed by atoms with Crippen LogP contribution in [0.5, 0.6) is 0 Å². The molecule has 0 bridgehead atoms. The molecule has 0 aliphatic carbocycles. The van der Waals surface area contributed by atoms with E-state index in [1.807, 2.05) is 0 Å².